The predicted octanol–water partition coefficient (Wildman–Crippen LogP) is 0.0906. The molecule has 136 valence electrons. The lowest BCUT2D eigenvalue weighted by atomic mass is 10.2. The van der Waals surface area contributed by atoms with Crippen LogP contribution in [0.4, 0.5) is 5.69 Å². The Morgan fingerprint density at radius 3 is 2.52 bits per heavy atom. The van der Waals surface area contributed by atoms with Crippen molar-refractivity contribution in [3.63, 3.8) is 0 Å². The molecular weight excluding hydrogens is 344 g/mol. The van der Waals surface area contributed by atoms with Gasteiger partial charge in [0.2, 0.25) is 15.9 Å². The smallest absolute Gasteiger partial charge is 0.239 e. The van der Waals surface area contributed by atoms with E-state index >= 15 is 0 Å². The fourth-order valence-corrected chi connectivity index (χ4v) is 3.19. The van der Waals surface area contributed by atoms with Crippen LogP contribution in [0, 0.1) is 11.3 Å². The molecule has 0 aliphatic carbocycles. The van der Waals surface area contributed by atoms with E-state index in [1.165, 1.54) is 4.31 Å². The summed E-state index contributed by atoms with van der Waals surface area (Å²) in [7, 11) is -3.49. The zero-order valence-electron chi connectivity index (χ0n) is 14.1. The predicted molar refractivity (Wildman–Crippen MR) is 93.5 cm³/mol. The first kappa shape index (κ1) is 19.3. The summed E-state index contributed by atoms with van der Waals surface area (Å²) in [5.41, 5.74) is 1.01. The van der Waals surface area contributed by atoms with Crippen molar-refractivity contribution >= 4 is 21.6 Å². The van der Waals surface area contributed by atoms with Crippen molar-refractivity contribution in [2.45, 2.75) is 0 Å². The van der Waals surface area contributed by atoms with Crippen LogP contribution in [0.15, 0.2) is 24.3 Å². The van der Waals surface area contributed by atoms with Gasteiger partial charge >= 0.3 is 0 Å². The topological polar surface area (TPSA) is 103 Å². The average Bonchev–Trinajstić information content (AvgIpc) is 2.59. The van der Waals surface area contributed by atoms with Gasteiger partial charge in [0, 0.05) is 31.9 Å². The van der Waals surface area contributed by atoms with E-state index in [2.05, 4.69) is 10.2 Å². The number of amides is 1. The Morgan fingerprint density at radius 1 is 1.32 bits per heavy atom. The van der Waals surface area contributed by atoms with Crippen LogP contribution in [0.3, 0.4) is 0 Å². The second-order valence-electron chi connectivity index (χ2n) is 5.79. The monoisotopic (exact) mass is 366 g/mol. The molecule has 2 rings (SSSR count). The molecule has 0 spiro atoms. The van der Waals surface area contributed by atoms with E-state index in [0.717, 1.165) is 19.3 Å². The van der Waals surface area contributed by atoms with Gasteiger partial charge in [0.15, 0.2) is 0 Å². The van der Waals surface area contributed by atoms with Crippen molar-refractivity contribution in [1.82, 2.24) is 9.21 Å². The van der Waals surface area contributed by atoms with Crippen LogP contribution in [-0.4, -0.2) is 75.7 Å². The summed E-state index contributed by atoms with van der Waals surface area (Å²) < 4.78 is 30.3. The van der Waals surface area contributed by atoms with Crippen LogP contribution < -0.4 is 5.32 Å². The number of nitrogens with zero attached hydrogens (tertiary/aromatic N) is 3. The van der Waals surface area contributed by atoms with Crippen LogP contribution >= 0.6 is 0 Å². The second kappa shape index (κ2) is 8.92. The molecule has 1 amide bonds. The molecule has 1 heterocycles. The fraction of sp³-hybridized carbons (Fsp3) is 0.500. The van der Waals surface area contributed by atoms with Gasteiger partial charge in [-0.25, -0.2) is 8.42 Å². The minimum Gasteiger partial charge on any atom is -0.379 e. The molecule has 1 aromatic rings. The molecule has 1 saturated heterocycles. The van der Waals surface area contributed by atoms with Gasteiger partial charge in [-0.1, -0.05) is 0 Å². The van der Waals surface area contributed by atoms with E-state index in [9.17, 15) is 13.2 Å². The maximum atomic E-state index is 12.2. The van der Waals surface area contributed by atoms with Crippen LogP contribution in [0.5, 0.6) is 0 Å². The minimum absolute atomic E-state index is 0.247. The third-order valence-corrected chi connectivity index (χ3v) is 5.11. The molecule has 1 aliphatic rings. The molecule has 0 atom stereocenters. The van der Waals surface area contributed by atoms with Crippen LogP contribution in [0.2, 0.25) is 0 Å². The van der Waals surface area contributed by atoms with Gasteiger partial charge in [-0.3, -0.25) is 9.69 Å². The Bertz CT molecular complexity index is 721. The molecule has 8 nitrogen and oxygen atoms in total. The highest BCUT2D eigenvalue weighted by Crippen LogP contribution is 2.09. The summed E-state index contributed by atoms with van der Waals surface area (Å²) in [5, 5.41) is 11.4. The lowest BCUT2D eigenvalue weighted by Gasteiger charge is -2.29. The number of rotatable bonds is 7. The van der Waals surface area contributed by atoms with E-state index < -0.39 is 15.9 Å². The number of hydrogen-bond donors (Lipinski definition) is 1. The zero-order valence-corrected chi connectivity index (χ0v) is 15.0. The van der Waals surface area contributed by atoms with Crippen LogP contribution in [0.1, 0.15) is 5.56 Å². The van der Waals surface area contributed by atoms with Crippen molar-refractivity contribution in [3.05, 3.63) is 29.8 Å². The SMILES string of the molecule is CS(=O)(=O)N(CCN1CCOCC1)CC(=O)Nc1ccc(C#N)cc1. The van der Waals surface area contributed by atoms with Crippen molar-refractivity contribution in [2.24, 2.45) is 0 Å². The largest absolute Gasteiger partial charge is 0.379 e. The summed E-state index contributed by atoms with van der Waals surface area (Å²) in [5.74, 6) is -0.419. The molecule has 1 fully saturated rings. The normalized spacial score (nSPS) is 15.7. The van der Waals surface area contributed by atoms with Crippen LogP contribution in [-0.2, 0) is 19.6 Å². The fourth-order valence-electron chi connectivity index (χ4n) is 2.43. The number of morpholine rings is 1. The molecule has 0 aromatic heterocycles. The van der Waals surface area contributed by atoms with E-state index in [1.54, 1.807) is 24.3 Å². The van der Waals surface area contributed by atoms with E-state index in [1.807, 2.05) is 6.07 Å². The van der Waals surface area contributed by atoms with Crippen LogP contribution in [0.25, 0.3) is 0 Å². The molecule has 25 heavy (non-hydrogen) atoms. The Morgan fingerprint density at radius 2 is 1.96 bits per heavy atom. The maximum Gasteiger partial charge on any atom is 0.239 e. The zero-order chi connectivity index (χ0) is 18.3. The minimum atomic E-state index is -3.49. The number of sulfonamides is 1. The van der Waals surface area contributed by atoms with Gasteiger partial charge in [-0.05, 0) is 24.3 Å². The van der Waals surface area contributed by atoms with Crippen molar-refractivity contribution in [2.75, 3.05) is 57.5 Å². The number of nitrogens with one attached hydrogen (secondary N) is 1. The van der Waals surface area contributed by atoms with Crippen molar-refractivity contribution in [1.29, 1.82) is 5.26 Å². The number of nitriles is 1. The Hall–Kier alpha value is -1.99. The number of ether oxygens (including phenoxy) is 1. The molecule has 1 N–H and O–H groups in total. The quantitative estimate of drug-likeness (QED) is 0.734. The maximum absolute atomic E-state index is 12.2. The third-order valence-electron chi connectivity index (χ3n) is 3.86. The third kappa shape index (κ3) is 6.43. The van der Waals surface area contributed by atoms with Gasteiger partial charge in [-0.2, -0.15) is 9.57 Å². The lowest BCUT2D eigenvalue weighted by Crippen LogP contribution is -2.45. The number of benzene rings is 1. The molecule has 0 saturated carbocycles. The van der Waals surface area contributed by atoms with Crippen molar-refractivity contribution < 1.29 is 17.9 Å². The highest BCUT2D eigenvalue weighted by atomic mass is 32.2. The summed E-state index contributed by atoms with van der Waals surface area (Å²) >= 11 is 0. The van der Waals surface area contributed by atoms with E-state index in [0.29, 0.717) is 31.0 Å². The second-order valence-corrected chi connectivity index (χ2v) is 7.77. The Balaban J connectivity index is 1.91. The summed E-state index contributed by atoms with van der Waals surface area (Å²) in [6.07, 6.45) is 1.10. The first-order valence-electron chi connectivity index (χ1n) is 7.94. The van der Waals surface area contributed by atoms with E-state index in [4.69, 9.17) is 10.00 Å². The van der Waals surface area contributed by atoms with Gasteiger partial charge in [0.25, 0.3) is 0 Å². The lowest BCUT2D eigenvalue weighted by molar-refractivity contribution is -0.116. The summed E-state index contributed by atoms with van der Waals surface area (Å²) in [6.45, 7) is 3.35. The highest BCUT2D eigenvalue weighted by Gasteiger charge is 2.21. The first-order chi connectivity index (χ1) is 11.9. The first-order valence-corrected chi connectivity index (χ1v) is 9.78. The molecular formula is C16H22N4O4S. The van der Waals surface area contributed by atoms with Gasteiger partial charge < -0.3 is 10.1 Å². The number of carbonyl (C=O) groups excluding carboxylic acids is 1. The van der Waals surface area contributed by atoms with Gasteiger partial charge in [-0.15, -0.1) is 0 Å². The van der Waals surface area contributed by atoms with Gasteiger partial charge in [0.05, 0.1) is 37.6 Å². The number of hydrogen-bond acceptors (Lipinski definition) is 6. The summed E-state index contributed by atoms with van der Waals surface area (Å²) in [6, 6.07) is 8.38. The number of anilines is 1. The Kier molecular flexibility index (Phi) is 6.90. The summed E-state index contributed by atoms with van der Waals surface area (Å²) in [4.78, 5) is 14.3. The van der Waals surface area contributed by atoms with E-state index in [-0.39, 0.29) is 13.1 Å². The highest BCUT2D eigenvalue weighted by molar-refractivity contribution is 7.88. The molecule has 1 aliphatic heterocycles. The molecule has 0 bridgehead atoms. The molecule has 0 radical (unpaired) electrons. The molecule has 0 unspecified atom stereocenters. The van der Waals surface area contributed by atoms with Gasteiger partial charge in [0.1, 0.15) is 0 Å². The standard InChI is InChI=1S/C16H22N4O4S/c1-25(22,23)20(7-6-19-8-10-24-11-9-19)13-16(21)18-15-4-2-14(12-17)3-5-15/h2-5H,6-11,13H2,1H3,(H,18,21). The molecule has 1 aromatic carbocycles. The number of carbonyl (C=O) groups is 1. The Labute approximate surface area is 148 Å². The van der Waals surface area contributed by atoms with Crippen molar-refractivity contribution in [3.8, 4) is 6.07 Å². The average molecular weight is 366 g/mol. The molecule has 9 heteroatoms.